The molecular formula is C22H27N3O4S. The van der Waals surface area contributed by atoms with Crippen molar-refractivity contribution in [2.75, 3.05) is 18.0 Å². The Hall–Kier alpha value is -2.87. The summed E-state index contributed by atoms with van der Waals surface area (Å²) in [6.07, 6.45) is 6.20. The summed E-state index contributed by atoms with van der Waals surface area (Å²) in [5.74, 6) is 0.00828. The van der Waals surface area contributed by atoms with Gasteiger partial charge in [-0.05, 0) is 49.9 Å². The number of hydrazone groups is 1. The van der Waals surface area contributed by atoms with Crippen molar-refractivity contribution in [1.82, 2.24) is 5.43 Å². The highest BCUT2D eigenvalue weighted by atomic mass is 32.2. The Balaban J connectivity index is 1.85. The van der Waals surface area contributed by atoms with Crippen molar-refractivity contribution in [2.24, 2.45) is 5.10 Å². The first-order valence-corrected chi connectivity index (χ1v) is 11.5. The van der Waals surface area contributed by atoms with Crippen LogP contribution in [-0.4, -0.2) is 33.7 Å². The molecular weight excluding hydrogens is 402 g/mol. The van der Waals surface area contributed by atoms with E-state index in [9.17, 15) is 13.2 Å². The van der Waals surface area contributed by atoms with Crippen LogP contribution in [-0.2, 0) is 14.8 Å². The topological polar surface area (TPSA) is 88.1 Å². The highest BCUT2D eigenvalue weighted by molar-refractivity contribution is 7.92. The lowest BCUT2D eigenvalue weighted by Crippen LogP contribution is -2.39. The van der Waals surface area contributed by atoms with Gasteiger partial charge in [-0.25, -0.2) is 13.8 Å². The zero-order valence-electron chi connectivity index (χ0n) is 17.1. The molecule has 0 saturated heterocycles. The third kappa shape index (κ3) is 5.60. The van der Waals surface area contributed by atoms with Crippen LogP contribution in [0.5, 0.6) is 5.75 Å². The molecule has 0 unspecified atom stereocenters. The largest absolute Gasteiger partial charge is 0.497 e. The van der Waals surface area contributed by atoms with Gasteiger partial charge >= 0.3 is 0 Å². The number of ether oxygens (including phenoxy) is 1. The van der Waals surface area contributed by atoms with E-state index in [1.165, 1.54) is 32.1 Å². The molecule has 1 N–H and O–H groups in total. The summed E-state index contributed by atoms with van der Waals surface area (Å²) in [5.41, 5.74) is 3.85. The monoisotopic (exact) mass is 429 g/mol. The van der Waals surface area contributed by atoms with Crippen LogP contribution in [0.3, 0.4) is 0 Å². The lowest BCUT2D eigenvalue weighted by molar-refractivity contribution is -0.119. The van der Waals surface area contributed by atoms with Gasteiger partial charge in [-0.3, -0.25) is 9.10 Å². The predicted octanol–water partition coefficient (Wildman–Crippen LogP) is 3.72. The van der Waals surface area contributed by atoms with E-state index in [1.807, 2.05) is 0 Å². The first-order chi connectivity index (χ1) is 14.5. The minimum atomic E-state index is -3.95. The molecule has 0 radical (unpaired) electrons. The lowest BCUT2D eigenvalue weighted by Gasteiger charge is -2.24. The van der Waals surface area contributed by atoms with Crippen molar-refractivity contribution in [3.63, 3.8) is 0 Å². The van der Waals surface area contributed by atoms with E-state index < -0.39 is 15.9 Å². The molecule has 1 aliphatic carbocycles. The maximum Gasteiger partial charge on any atom is 0.264 e. The third-order valence-corrected chi connectivity index (χ3v) is 6.77. The molecule has 2 aromatic carbocycles. The van der Waals surface area contributed by atoms with Crippen molar-refractivity contribution >= 4 is 27.3 Å². The van der Waals surface area contributed by atoms with Crippen LogP contribution >= 0.6 is 0 Å². The minimum Gasteiger partial charge on any atom is -0.497 e. The third-order valence-electron chi connectivity index (χ3n) is 4.98. The Morgan fingerprint density at radius 2 is 1.73 bits per heavy atom. The van der Waals surface area contributed by atoms with Gasteiger partial charge in [-0.2, -0.15) is 5.10 Å². The van der Waals surface area contributed by atoms with Gasteiger partial charge in [0, 0.05) is 11.8 Å². The zero-order valence-corrected chi connectivity index (χ0v) is 17.9. The van der Waals surface area contributed by atoms with Crippen LogP contribution in [0.4, 0.5) is 5.69 Å². The fraction of sp³-hybridized carbons (Fsp3) is 0.364. The second-order valence-corrected chi connectivity index (χ2v) is 9.02. The Bertz CT molecular complexity index is 980. The van der Waals surface area contributed by atoms with Crippen molar-refractivity contribution in [1.29, 1.82) is 0 Å². The minimum absolute atomic E-state index is 0.107. The quantitative estimate of drug-likeness (QED) is 0.537. The molecule has 3 rings (SSSR count). The average molecular weight is 430 g/mol. The van der Waals surface area contributed by atoms with Crippen LogP contribution < -0.4 is 14.5 Å². The van der Waals surface area contributed by atoms with Crippen LogP contribution in [0.25, 0.3) is 0 Å². The highest BCUT2D eigenvalue weighted by Crippen LogP contribution is 2.26. The van der Waals surface area contributed by atoms with Gasteiger partial charge in [0.2, 0.25) is 0 Å². The van der Waals surface area contributed by atoms with E-state index in [4.69, 9.17) is 4.74 Å². The summed E-state index contributed by atoms with van der Waals surface area (Å²) >= 11 is 0. The predicted molar refractivity (Wildman–Crippen MR) is 117 cm³/mol. The van der Waals surface area contributed by atoms with Gasteiger partial charge in [0.05, 0.1) is 17.7 Å². The molecule has 1 saturated carbocycles. The number of benzene rings is 2. The lowest BCUT2D eigenvalue weighted by atomic mass is 10.2. The Labute approximate surface area is 177 Å². The summed E-state index contributed by atoms with van der Waals surface area (Å²) in [4.78, 5) is 12.7. The van der Waals surface area contributed by atoms with Crippen LogP contribution in [0, 0.1) is 0 Å². The average Bonchev–Trinajstić information content (AvgIpc) is 3.05. The van der Waals surface area contributed by atoms with Gasteiger partial charge in [0.25, 0.3) is 15.9 Å². The summed E-state index contributed by atoms with van der Waals surface area (Å²) in [7, 11) is -2.45. The maximum atomic E-state index is 13.3. The number of nitrogens with one attached hydrogen (secondary N) is 1. The van der Waals surface area contributed by atoms with Crippen molar-refractivity contribution in [3.05, 3.63) is 54.6 Å². The first-order valence-electron chi connectivity index (χ1n) is 10.1. The molecule has 1 amide bonds. The second-order valence-electron chi connectivity index (χ2n) is 7.15. The van der Waals surface area contributed by atoms with E-state index in [0.29, 0.717) is 11.4 Å². The van der Waals surface area contributed by atoms with Gasteiger partial charge in [-0.15, -0.1) is 0 Å². The molecule has 1 fully saturated rings. The summed E-state index contributed by atoms with van der Waals surface area (Å²) in [5, 5.41) is 4.25. The van der Waals surface area contributed by atoms with E-state index in [0.717, 1.165) is 35.7 Å². The molecule has 0 bridgehead atoms. The molecule has 0 aromatic heterocycles. The number of hydrogen-bond acceptors (Lipinski definition) is 5. The molecule has 8 heteroatoms. The van der Waals surface area contributed by atoms with Gasteiger partial charge < -0.3 is 4.74 Å². The molecule has 0 atom stereocenters. The summed E-state index contributed by atoms with van der Waals surface area (Å²) < 4.78 is 32.9. The van der Waals surface area contributed by atoms with Crippen molar-refractivity contribution in [2.45, 2.75) is 43.4 Å². The fourth-order valence-electron chi connectivity index (χ4n) is 3.36. The number of carbonyl (C=O) groups is 1. The Morgan fingerprint density at radius 3 is 2.40 bits per heavy atom. The number of amides is 1. The number of nitrogens with zero attached hydrogens (tertiary/aromatic N) is 2. The number of anilines is 1. The van der Waals surface area contributed by atoms with Crippen LogP contribution in [0.1, 0.15) is 38.5 Å². The van der Waals surface area contributed by atoms with Crippen molar-refractivity contribution in [3.8, 4) is 5.75 Å². The van der Waals surface area contributed by atoms with Gasteiger partial charge in [0.15, 0.2) is 0 Å². The van der Waals surface area contributed by atoms with E-state index in [-0.39, 0.29) is 11.4 Å². The fourth-order valence-corrected chi connectivity index (χ4v) is 4.79. The number of sulfonamides is 1. The number of carbonyl (C=O) groups excluding carboxylic acids is 1. The Kier molecular flexibility index (Phi) is 7.46. The van der Waals surface area contributed by atoms with E-state index >= 15 is 0 Å². The number of methoxy groups -OCH3 is 1. The number of hydrogen-bond donors (Lipinski definition) is 1. The molecule has 0 spiro atoms. The summed E-state index contributed by atoms with van der Waals surface area (Å²) in [6.45, 7) is -0.388. The first kappa shape index (κ1) is 21.8. The molecule has 7 nitrogen and oxygen atoms in total. The highest BCUT2D eigenvalue weighted by Gasteiger charge is 2.27. The molecule has 2 aromatic rings. The van der Waals surface area contributed by atoms with Crippen LogP contribution in [0.2, 0.25) is 0 Å². The molecule has 30 heavy (non-hydrogen) atoms. The van der Waals surface area contributed by atoms with E-state index in [2.05, 4.69) is 10.5 Å². The van der Waals surface area contributed by atoms with E-state index in [1.54, 1.807) is 42.5 Å². The van der Waals surface area contributed by atoms with Crippen molar-refractivity contribution < 1.29 is 17.9 Å². The molecule has 1 aliphatic rings. The molecule has 0 aliphatic heterocycles. The molecule has 0 heterocycles. The smallest absolute Gasteiger partial charge is 0.264 e. The van der Waals surface area contributed by atoms with Crippen LogP contribution in [0.15, 0.2) is 64.6 Å². The summed E-state index contributed by atoms with van der Waals surface area (Å²) in [6, 6.07) is 14.7. The zero-order chi connectivity index (χ0) is 21.4. The maximum absolute atomic E-state index is 13.3. The standard InChI is InChI=1S/C22H27N3O4S/c1-29-20-13-9-12-19(16-20)25(30(27,28)21-14-7-4-8-15-21)17-22(26)24-23-18-10-5-2-3-6-11-18/h4,7-9,12-16H,2-3,5-6,10-11,17H2,1H3,(H,24,26). The SMILES string of the molecule is COc1cccc(N(CC(=O)NN=C2CCCCCC2)S(=O)(=O)c2ccccc2)c1. The van der Waals surface area contributed by atoms with Gasteiger partial charge in [0.1, 0.15) is 12.3 Å². The normalized spacial score (nSPS) is 14.5. The Morgan fingerprint density at radius 1 is 1.03 bits per heavy atom. The molecule has 160 valence electrons. The second kappa shape index (κ2) is 10.2. The number of rotatable bonds is 7. The van der Waals surface area contributed by atoms with Gasteiger partial charge in [-0.1, -0.05) is 37.1 Å².